The summed E-state index contributed by atoms with van der Waals surface area (Å²) in [5.74, 6) is -1.14. The van der Waals surface area contributed by atoms with Gasteiger partial charge in [0.25, 0.3) is 11.0 Å². The third-order valence-electron chi connectivity index (χ3n) is 1.60. The predicted octanol–water partition coefficient (Wildman–Crippen LogP) is 1.08. The lowest BCUT2D eigenvalue weighted by atomic mass is 10.1. The lowest BCUT2D eigenvalue weighted by molar-refractivity contribution is 0.0697. The molecular weight excluding hydrogens is 244 g/mol. The lowest BCUT2D eigenvalue weighted by Crippen LogP contribution is -1.99. The van der Waals surface area contributed by atoms with Crippen molar-refractivity contribution in [2.75, 3.05) is 0 Å². The SMILES string of the molecule is O=C(O)c1ccc(CO[SH](=O)=O)cc1Cl. The standard InChI is InChI=1S/C8H7ClO5S/c9-7-3-5(4-14-15(12)13)1-2-6(7)8(10)11/h1-3,15H,4H2,(H,10,11). The molecule has 1 aromatic rings. The topological polar surface area (TPSA) is 80.7 Å². The van der Waals surface area contributed by atoms with Gasteiger partial charge in [0.15, 0.2) is 0 Å². The number of hydrogen-bond acceptors (Lipinski definition) is 4. The monoisotopic (exact) mass is 250 g/mol. The third-order valence-corrected chi connectivity index (χ3v) is 2.25. The minimum atomic E-state index is -2.91. The summed E-state index contributed by atoms with van der Waals surface area (Å²) < 4.78 is 24.6. The van der Waals surface area contributed by atoms with Crippen molar-refractivity contribution < 1.29 is 22.5 Å². The quantitative estimate of drug-likeness (QED) is 0.782. The molecule has 0 radical (unpaired) electrons. The Morgan fingerprint density at radius 1 is 1.47 bits per heavy atom. The molecule has 7 heteroatoms. The molecule has 0 aromatic heterocycles. The molecule has 0 aliphatic rings. The summed E-state index contributed by atoms with van der Waals surface area (Å²) in [6.45, 7) is -0.154. The Kier molecular flexibility index (Phi) is 4.07. The van der Waals surface area contributed by atoms with E-state index in [-0.39, 0.29) is 17.2 Å². The summed E-state index contributed by atoms with van der Waals surface area (Å²) in [5.41, 5.74) is 0.455. The van der Waals surface area contributed by atoms with Crippen LogP contribution in [0.4, 0.5) is 0 Å². The Bertz CT molecular complexity index is 446. The van der Waals surface area contributed by atoms with Crippen LogP contribution in [0.25, 0.3) is 0 Å². The van der Waals surface area contributed by atoms with Gasteiger partial charge in [-0.2, -0.15) is 0 Å². The van der Waals surface area contributed by atoms with Crippen LogP contribution in [-0.4, -0.2) is 19.5 Å². The molecule has 1 aromatic carbocycles. The Morgan fingerprint density at radius 2 is 2.13 bits per heavy atom. The average molecular weight is 251 g/mol. The van der Waals surface area contributed by atoms with Crippen molar-refractivity contribution in [3.63, 3.8) is 0 Å². The Morgan fingerprint density at radius 3 is 2.60 bits per heavy atom. The van der Waals surface area contributed by atoms with Crippen LogP contribution in [0.15, 0.2) is 18.2 Å². The van der Waals surface area contributed by atoms with Gasteiger partial charge in [0.05, 0.1) is 17.2 Å². The number of carboxylic acids is 1. The molecular formula is C8H7ClO5S. The Labute approximate surface area is 92.4 Å². The molecule has 1 rings (SSSR count). The number of halogens is 1. The minimum absolute atomic E-state index is 0.0353. The summed E-state index contributed by atoms with van der Waals surface area (Å²) in [6.07, 6.45) is 0. The highest BCUT2D eigenvalue weighted by Gasteiger charge is 2.08. The zero-order chi connectivity index (χ0) is 11.4. The van der Waals surface area contributed by atoms with E-state index in [4.69, 9.17) is 16.7 Å². The molecule has 1 N–H and O–H groups in total. The molecule has 0 amide bonds. The van der Waals surface area contributed by atoms with E-state index in [9.17, 15) is 13.2 Å². The fourth-order valence-corrected chi connectivity index (χ4v) is 1.49. The predicted molar refractivity (Wildman–Crippen MR) is 53.5 cm³/mol. The second-order valence-corrected chi connectivity index (χ2v) is 3.73. The van der Waals surface area contributed by atoms with Crippen LogP contribution in [-0.2, 0) is 21.8 Å². The maximum atomic E-state index is 10.6. The Balaban J connectivity index is 2.86. The smallest absolute Gasteiger partial charge is 0.337 e. The fourth-order valence-electron chi connectivity index (χ4n) is 0.949. The van der Waals surface area contributed by atoms with Gasteiger partial charge in [0.1, 0.15) is 0 Å². The second kappa shape index (κ2) is 5.11. The van der Waals surface area contributed by atoms with Crippen LogP contribution in [0.1, 0.15) is 15.9 Å². The molecule has 0 spiro atoms. The van der Waals surface area contributed by atoms with Crippen molar-refractivity contribution >= 4 is 28.6 Å². The highest BCUT2D eigenvalue weighted by atomic mass is 35.5. The first-order valence-corrected chi connectivity index (χ1v) is 5.27. The zero-order valence-corrected chi connectivity index (χ0v) is 8.99. The largest absolute Gasteiger partial charge is 0.478 e. The van der Waals surface area contributed by atoms with Gasteiger partial charge in [-0.15, -0.1) is 0 Å². The molecule has 0 saturated carbocycles. The summed E-state index contributed by atoms with van der Waals surface area (Å²) in [5, 5.41) is 8.71. The van der Waals surface area contributed by atoms with Gasteiger partial charge in [-0.1, -0.05) is 17.7 Å². The maximum absolute atomic E-state index is 10.6. The van der Waals surface area contributed by atoms with Gasteiger partial charge in [-0.05, 0) is 17.7 Å². The van der Waals surface area contributed by atoms with E-state index in [0.717, 1.165) is 0 Å². The number of benzene rings is 1. The number of aromatic carboxylic acids is 1. The maximum Gasteiger partial charge on any atom is 0.337 e. The van der Waals surface area contributed by atoms with Gasteiger partial charge < -0.3 is 5.11 Å². The summed E-state index contributed by atoms with van der Waals surface area (Å²) in [7, 11) is -2.91. The number of hydrogen-bond donors (Lipinski definition) is 2. The molecule has 0 bridgehead atoms. The lowest BCUT2D eigenvalue weighted by Gasteiger charge is -2.02. The summed E-state index contributed by atoms with van der Waals surface area (Å²) in [6, 6.07) is 4.08. The highest BCUT2D eigenvalue weighted by Crippen LogP contribution is 2.18. The van der Waals surface area contributed by atoms with Gasteiger partial charge in [0, 0.05) is 0 Å². The van der Waals surface area contributed by atoms with E-state index in [1.165, 1.54) is 18.2 Å². The highest BCUT2D eigenvalue weighted by molar-refractivity contribution is 7.67. The number of carbonyl (C=O) groups is 1. The third kappa shape index (κ3) is 3.50. The van der Waals surface area contributed by atoms with Gasteiger partial charge in [0.2, 0.25) is 0 Å². The normalized spacial score (nSPS) is 10.5. The first kappa shape index (κ1) is 12.0. The van der Waals surface area contributed by atoms with Crippen LogP contribution in [0.5, 0.6) is 0 Å². The van der Waals surface area contributed by atoms with Crippen LogP contribution >= 0.6 is 11.6 Å². The van der Waals surface area contributed by atoms with E-state index in [0.29, 0.717) is 5.56 Å². The first-order chi connectivity index (χ1) is 7.00. The molecule has 0 unspecified atom stereocenters. The van der Waals surface area contributed by atoms with Crippen molar-refractivity contribution in [3.05, 3.63) is 34.3 Å². The average Bonchev–Trinajstić information content (AvgIpc) is 2.14. The van der Waals surface area contributed by atoms with Crippen molar-refractivity contribution in [2.24, 2.45) is 0 Å². The number of rotatable bonds is 4. The molecule has 0 saturated heterocycles. The summed E-state index contributed by atoms with van der Waals surface area (Å²) in [4.78, 5) is 10.6. The fraction of sp³-hybridized carbons (Fsp3) is 0.125. The molecule has 0 aliphatic carbocycles. The number of thiol groups is 1. The van der Waals surface area contributed by atoms with Crippen LogP contribution in [0, 0.1) is 0 Å². The summed E-state index contributed by atoms with van der Waals surface area (Å²) >= 11 is 5.65. The Hall–Kier alpha value is -1.11. The van der Waals surface area contributed by atoms with Crippen LogP contribution < -0.4 is 0 Å². The van der Waals surface area contributed by atoms with E-state index in [1.807, 2.05) is 0 Å². The molecule has 0 heterocycles. The molecule has 15 heavy (non-hydrogen) atoms. The van der Waals surface area contributed by atoms with E-state index in [1.54, 1.807) is 0 Å². The van der Waals surface area contributed by atoms with Crippen molar-refractivity contribution in [1.29, 1.82) is 0 Å². The van der Waals surface area contributed by atoms with Crippen molar-refractivity contribution in [1.82, 2.24) is 0 Å². The van der Waals surface area contributed by atoms with Gasteiger partial charge >= 0.3 is 5.97 Å². The van der Waals surface area contributed by atoms with Gasteiger partial charge in [-0.25, -0.2) is 13.2 Å². The van der Waals surface area contributed by atoms with E-state index in [2.05, 4.69) is 4.18 Å². The van der Waals surface area contributed by atoms with Crippen molar-refractivity contribution in [2.45, 2.75) is 6.61 Å². The second-order valence-electron chi connectivity index (χ2n) is 2.62. The molecule has 0 aliphatic heterocycles. The number of carboxylic acid groups (broad SMARTS) is 1. The first-order valence-electron chi connectivity index (χ1n) is 3.79. The molecule has 0 atom stereocenters. The van der Waals surface area contributed by atoms with E-state index < -0.39 is 17.0 Å². The molecule has 5 nitrogen and oxygen atoms in total. The van der Waals surface area contributed by atoms with E-state index >= 15 is 0 Å². The van der Waals surface area contributed by atoms with Crippen molar-refractivity contribution in [3.8, 4) is 0 Å². The van der Waals surface area contributed by atoms with Gasteiger partial charge in [-0.3, -0.25) is 4.18 Å². The van der Waals surface area contributed by atoms with Crippen LogP contribution in [0.2, 0.25) is 5.02 Å². The minimum Gasteiger partial charge on any atom is -0.478 e. The van der Waals surface area contributed by atoms with Crippen LogP contribution in [0.3, 0.4) is 0 Å². The zero-order valence-electron chi connectivity index (χ0n) is 7.34. The molecule has 0 fully saturated rings. The molecule has 82 valence electrons.